The molecule has 29 heavy (non-hydrogen) atoms. The fraction of sp³-hybridized carbons (Fsp3) is 0.353. The van der Waals surface area contributed by atoms with Gasteiger partial charge in [-0.1, -0.05) is 11.2 Å². The number of hydrogen-bond acceptors (Lipinski definition) is 9. The highest BCUT2D eigenvalue weighted by Crippen LogP contribution is 2.32. The maximum Gasteiger partial charge on any atom is 0.387 e. The Morgan fingerprint density at radius 2 is 2.14 bits per heavy atom. The zero-order chi connectivity index (χ0) is 21.0. The zero-order valence-corrected chi connectivity index (χ0v) is 15.9. The van der Waals surface area contributed by atoms with E-state index < -0.39 is 28.3 Å². The van der Waals surface area contributed by atoms with Crippen LogP contribution in [0.4, 0.5) is 8.78 Å². The smallest absolute Gasteiger partial charge is 0.387 e. The van der Waals surface area contributed by atoms with Crippen molar-refractivity contribution >= 4 is 15.8 Å². The standard InChI is InChI=1S/C17H16F2N2O7S/c1-25-13-7-11(2-3-12(13)27-17(18)19)16-20-14(28-21-16)8-26-15(22)6-10-4-5-29(23,24)9-10/h2-5,7,10,17H,6,8-9H2,1H3. The van der Waals surface area contributed by atoms with Crippen LogP contribution in [-0.2, 0) is 26.0 Å². The van der Waals surface area contributed by atoms with Crippen molar-refractivity contribution in [2.24, 2.45) is 5.92 Å². The number of rotatable bonds is 8. The molecule has 0 aliphatic carbocycles. The Morgan fingerprint density at radius 1 is 1.34 bits per heavy atom. The molecule has 1 aromatic carbocycles. The van der Waals surface area contributed by atoms with E-state index in [1.807, 2.05) is 0 Å². The fourth-order valence-corrected chi connectivity index (χ4v) is 4.01. The summed E-state index contributed by atoms with van der Waals surface area (Å²) in [6, 6.07) is 4.11. The lowest BCUT2D eigenvalue weighted by atomic mass is 10.1. The second-order valence-corrected chi connectivity index (χ2v) is 7.97. The van der Waals surface area contributed by atoms with Gasteiger partial charge in [0.2, 0.25) is 5.82 Å². The van der Waals surface area contributed by atoms with Crippen LogP contribution in [0.3, 0.4) is 0 Å². The first-order valence-corrected chi connectivity index (χ1v) is 9.99. The van der Waals surface area contributed by atoms with Crippen LogP contribution < -0.4 is 9.47 Å². The predicted molar refractivity (Wildman–Crippen MR) is 93.7 cm³/mol. The minimum atomic E-state index is -3.24. The highest BCUT2D eigenvalue weighted by Gasteiger charge is 2.24. The van der Waals surface area contributed by atoms with Crippen LogP contribution in [0.25, 0.3) is 11.4 Å². The van der Waals surface area contributed by atoms with Crippen molar-refractivity contribution in [2.45, 2.75) is 19.6 Å². The number of allylic oxidation sites excluding steroid dienone is 1. The van der Waals surface area contributed by atoms with Gasteiger partial charge in [-0.2, -0.15) is 13.8 Å². The molecule has 2 heterocycles. The SMILES string of the molecule is COc1cc(-c2noc(COC(=O)CC3C=CS(=O)(=O)C3)n2)ccc1OC(F)F. The number of hydrogen-bond donors (Lipinski definition) is 0. The average molecular weight is 430 g/mol. The third-order valence-electron chi connectivity index (χ3n) is 3.90. The number of esters is 1. The minimum absolute atomic E-state index is 0.00908. The molecule has 0 saturated heterocycles. The van der Waals surface area contributed by atoms with Gasteiger partial charge >= 0.3 is 12.6 Å². The van der Waals surface area contributed by atoms with E-state index in [-0.39, 0.29) is 42.0 Å². The van der Waals surface area contributed by atoms with Crippen molar-refractivity contribution in [3.05, 3.63) is 35.6 Å². The highest BCUT2D eigenvalue weighted by molar-refractivity contribution is 7.94. The van der Waals surface area contributed by atoms with Crippen LogP contribution >= 0.6 is 0 Å². The lowest BCUT2D eigenvalue weighted by Gasteiger charge is -2.10. The second-order valence-electron chi connectivity index (χ2n) is 6.04. The molecule has 0 bridgehead atoms. The van der Waals surface area contributed by atoms with E-state index >= 15 is 0 Å². The van der Waals surface area contributed by atoms with E-state index in [1.165, 1.54) is 31.4 Å². The summed E-state index contributed by atoms with van der Waals surface area (Å²) < 4.78 is 66.8. The van der Waals surface area contributed by atoms with Crippen LogP contribution in [0.15, 0.2) is 34.2 Å². The molecule has 1 aliphatic rings. The molecule has 0 N–H and O–H groups in total. The Hall–Kier alpha value is -3.02. The van der Waals surface area contributed by atoms with Gasteiger partial charge in [0.1, 0.15) is 0 Å². The first kappa shape index (κ1) is 20.7. The van der Waals surface area contributed by atoms with Gasteiger partial charge in [0.25, 0.3) is 5.89 Å². The van der Waals surface area contributed by atoms with Gasteiger partial charge in [-0.25, -0.2) is 8.42 Å². The molecule has 0 fully saturated rings. The van der Waals surface area contributed by atoms with Gasteiger partial charge in [0.05, 0.1) is 19.3 Å². The van der Waals surface area contributed by atoms with E-state index in [9.17, 15) is 22.0 Å². The van der Waals surface area contributed by atoms with Crippen molar-refractivity contribution in [1.82, 2.24) is 10.1 Å². The monoisotopic (exact) mass is 430 g/mol. The van der Waals surface area contributed by atoms with E-state index in [0.717, 1.165) is 5.41 Å². The van der Waals surface area contributed by atoms with Crippen molar-refractivity contribution in [3.8, 4) is 22.9 Å². The first-order valence-electron chi connectivity index (χ1n) is 8.28. The van der Waals surface area contributed by atoms with Crippen molar-refractivity contribution in [1.29, 1.82) is 0 Å². The molecule has 1 aromatic heterocycles. The van der Waals surface area contributed by atoms with Crippen LogP contribution in [0.2, 0.25) is 0 Å². The Bertz CT molecular complexity index is 1020. The summed E-state index contributed by atoms with van der Waals surface area (Å²) in [6.45, 7) is -3.29. The van der Waals surface area contributed by atoms with Gasteiger partial charge in [0, 0.05) is 16.9 Å². The molecule has 9 nitrogen and oxygen atoms in total. The molecule has 1 unspecified atom stereocenters. The molecule has 12 heteroatoms. The van der Waals surface area contributed by atoms with Crippen LogP contribution in [0, 0.1) is 5.92 Å². The number of aromatic nitrogens is 2. The molecular weight excluding hydrogens is 414 g/mol. The molecule has 3 rings (SSSR count). The maximum atomic E-state index is 12.4. The summed E-state index contributed by atoms with van der Waals surface area (Å²) in [5, 5.41) is 4.82. The quantitative estimate of drug-likeness (QED) is 0.582. The molecule has 156 valence electrons. The summed E-state index contributed by atoms with van der Waals surface area (Å²) in [5.41, 5.74) is 0.408. The summed E-state index contributed by atoms with van der Waals surface area (Å²) >= 11 is 0. The number of carbonyl (C=O) groups excluding carboxylic acids is 1. The lowest BCUT2D eigenvalue weighted by molar-refractivity contribution is -0.146. The molecule has 2 aromatic rings. The topological polar surface area (TPSA) is 118 Å². The van der Waals surface area contributed by atoms with Crippen LogP contribution in [-0.4, -0.2) is 44.0 Å². The second kappa shape index (κ2) is 8.55. The number of halogens is 2. The van der Waals surface area contributed by atoms with E-state index in [2.05, 4.69) is 14.9 Å². The number of benzene rings is 1. The van der Waals surface area contributed by atoms with Crippen molar-refractivity contribution in [3.63, 3.8) is 0 Å². The van der Waals surface area contributed by atoms with E-state index in [4.69, 9.17) is 14.0 Å². The number of carbonyl (C=O) groups is 1. The molecule has 0 spiro atoms. The van der Waals surface area contributed by atoms with E-state index in [1.54, 1.807) is 0 Å². The predicted octanol–water partition coefficient (Wildman–Crippen LogP) is 2.34. The Labute approximate surface area is 164 Å². The highest BCUT2D eigenvalue weighted by atomic mass is 32.2. The number of alkyl halides is 2. The Kier molecular flexibility index (Phi) is 6.11. The molecule has 0 saturated carbocycles. The first-order chi connectivity index (χ1) is 13.8. The summed E-state index contributed by atoms with van der Waals surface area (Å²) in [4.78, 5) is 15.9. The number of ether oxygens (including phenoxy) is 3. The third-order valence-corrected chi connectivity index (χ3v) is 5.36. The van der Waals surface area contributed by atoms with Gasteiger partial charge in [-0.05, 0) is 18.2 Å². The molecular formula is C17H16F2N2O7S. The molecule has 0 radical (unpaired) electrons. The third kappa shape index (κ3) is 5.50. The van der Waals surface area contributed by atoms with E-state index in [0.29, 0.717) is 5.56 Å². The maximum absolute atomic E-state index is 12.4. The van der Waals surface area contributed by atoms with Crippen molar-refractivity contribution < 1.29 is 40.7 Å². The summed E-state index contributed by atoms with van der Waals surface area (Å²) in [6.07, 6.45) is 1.37. The molecule has 1 aliphatic heterocycles. The average Bonchev–Trinajstić information content (AvgIpc) is 3.26. The molecule has 0 amide bonds. The van der Waals surface area contributed by atoms with Crippen molar-refractivity contribution in [2.75, 3.05) is 12.9 Å². The number of sulfone groups is 1. The summed E-state index contributed by atoms with van der Waals surface area (Å²) in [7, 11) is -1.95. The Morgan fingerprint density at radius 3 is 2.79 bits per heavy atom. The minimum Gasteiger partial charge on any atom is -0.493 e. The molecule has 1 atom stereocenters. The number of methoxy groups -OCH3 is 1. The fourth-order valence-electron chi connectivity index (χ4n) is 2.61. The van der Waals surface area contributed by atoms with Crippen LogP contribution in [0.5, 0.6) is 11.5 Å². The van der Waals surface area contributed by atoms with Gasteiger partial charge in [-0.15, -0.1) is 0 Å². The van der Waals surface area contributed by atoms with Gasteiger partial charge in [0.15, 0.2) is 27.9 Å². The number of nitrogens with zero attached hydrogens (tertiary/aromatic N) is 2. The van der Waals surface area contributed by atoms with Gasteiger partial charge < -0.3 is 18.7 Å². The van der Waals surface area contributed by atoms with Gasteiger partial charge in [-0.3, -0.25) is 4.79 Å². The zero-order valence-electron chi connectivity index (χ0n) is 15.1. The largest absolute Gasteiger partial charge is 0.493 e. The van der Waals surface area contributed by atoms with Crippen LogP contribution in [0.1, 0.15) is 12.3 Å². The summed E-state index contributed by atoms with van der Waals surface area (Å²) in [5.74, 6) is -1.11. The lowest BCUT2D eigenvalue weighted by Crippen LogP contribution is -2.13. The Balaban J connectivity index is 1.59. The normalized spacial score (nSPS) is 17.4.